The van der Waals surface area contributed by atoms with Crippen molar-refractivity contribution in [3.63, 3.8) is 0 Å². The Morgan fingerprint density at radius 2 is 1.80 bits per heavy atom. The summed E-state index contributed by atoms with van der Waals surface area (Å²) in [5.41, 5.74) is 0.838. The lowest BCUT2D eigenvalue weighted by atomic mass is 10.2. The minimum absolute atomic E-state index is 0.107. The van der Waals surface area contributed by atoms with Crippen LogP contribution in [-0.4, -0.2) is 19.8 Å². The van der Waals surface area contributed by atoms with Crippen molar-refractivity contribution in [1.82, 2.24) is 4.31 Å². The highest BCUT2D eigenvalue weighted by atomic mass is 35.5. The maximum atomic E-state index is 12.3. The maximum Gasteiger partial charge on any atom is 0.276 e. The number of hydrogen-bond donors (Lipinski definition) is 0. The average Bonchev–Trinajstić information content (AvgIpc) is 2.90. The van der Waals surface area contributed by atoms with Gasteiger partial charge >= 0.3 is 0 Å². The van der Waals surface area contributed by atoms with Crippen LogP contribution in [-0.2, 0) is 22.4 Å². The average molecular weight is 334 g/mol. The lowest BCUT2D eigenvalue weighted by Crippen LogP contribution is -2.26. The molecule has 2 rings (SSSR count). The Hall–Kier alpha value is -1.01. The summed E-state index contributed by atoms with van der Waals surface area (Å²) < 4.78 is 31.0. The Morgan fingerprint density at radius 1 is 1.15 bits per heavy atom. The van der Waals surface area contributed by atoms with Crippen LogP contribution in [0, 0.1) is 0 Å². The van der Waals surface area contributed by atoms with E-state index in [1.807, 2.05) is 0 Å². The number of benzene rings is 1. The molecule has 4 nitrogen and oxygen atoms in total. The fourth-order valence-electron chi connectivity index (χ4n) is 1.65. The molecule has 0 fully saturated rings. The maximum absolute atomic E-state index is 12.3. The summed E-state index contributed by atoms with van der Waals surface area (Å²) in [4.78, 5) is 0. The van der Waals surface area contributed by atoms with Gasteiger partial charge in [-0.1, -0.05) is 23.7 Å². The van der Waals surface area contributed by atoms with Crippen LogP contribution in [0.5, 0.6) is 0 Å². The topological polar surface area (TPSA) is 50.5 Å². The summed E-state index contributed by atoms with van der Waals surface area (Å²) in [7, 11) is -2.17. The lowest BCUT2D eigenvalue weighted by Gasteiger charge is -2.15. The third kappa shape index (κ3) is 3.35. The largest absolute Gasteiger partial charge is 0.447 e. The van der Waals surface area contributed by atoms with Gasteiger partial charge in [-0.05, 0) is 29.8 Å². The van der Waals surface area contributed by atoms with Gasteiger partial charge in [-0.15, -0.1) is 11.6 Å². The molecule has 0 bridgehead atoms. The fourth-order valence-corrected chi connectivity index (χ4v) is 3.00. The van der Waals surface area contributed by atoms with E-state index < -0.39 is 10.0 Å². The second-order valence-corrected chi connectivity index (χ2v) is 6.92. The number of sulfonamides is 1. The molecule has 0 atom stereocenters. The molecule has 0 saturated carbocycles. The molecule has 2 aromatic rings. The first-order valence-corrected chi connectivity index (χ1v) is 8.14. The van der Waals surface area contributed by atoms with Gasteiger partial charge in [0.1, 0.15) is 5.76 Å². The Balaban J connectivity index is 2.18. The first kappa shape index (κ1) is 15.4. The molecule has 0 N–H and O–H groups in total. The molecule has 7 heteroatoms. The van der Waals surface area contributed by atoms with Gasteiger partial charge in [0.05, 0.1) is 5.88 Å². The first-order valence-electron chi connectivity index (χ1n) is 5.79. The zero-order valence-electron chi connectivity index (χ0n) is 10.7. The van der Waals surface area contributed by atoms with Crippen LogP contribution in [0.1, 0.15) is 11.3 Å². The van der Waals surface area contributed by atoms with Gasteiger partial charge in [-0.3, -0.25) is 0 Å². The normalized spacial score (nSPS) is 12.0. The molecule has 1 heterocycles. The molecule has 0 aliphatic carbocycles. The minimum atomic E-state index is -3.66. The molecule has 108 valence electrons. The van der Waals surface area contributed by atoms with Crippen molar-refractivity contribution in [1.29, 1.82) is 0 Å². The van der Waals surface area contributed by atoms with Gasteiger partial charge in [0, 0.05) is 18.6 Å². The SMILES string of the molecule is CN(Cc1ccc(Cl)cc1)S(=O)(=O)c1ccc(CCl)o1. The highest BCUT2D eigenvalue weighted by Crippen LogP contribution is 2.21. The smallest absolute Gasteiger partial charge is 0.276 e. The molecule has 0 aliphatic heterocycles. The Bertz CT molecular complexity index is 680. The van der Waals surface area contributed by atoms with E-state index in [-0.39, 0.29) is 17.5 Å². The number of rotatable bonds is 5. The van der Waals surface area contributed by atoms with Gasteiger partial charge in [0.15, 0.2) is 0 Å². The molecule has 0 saturated heterocycles. The van der Waals surface area contributed by atoms with E-state index in [0.29, 0.717) is 10.8 Å². The highest BCUT2D eigenvalue weighted by molar-refractivity contribution is 7.88. The van der Waals surface area contributed by atoms with Gasteiger partial charge in [0.25, 0.3) is 10.0 Å². The number of alkyl halides is 1. The predicted octanol–water partition coefficient (Wildman–Crippen LogP) is 3.49. The van der Waals surface area contributed by atoms with Crippen molar-refractivity contribution < 1.29 is 12.8 Å². The molecule has 0 aliphatic rings. The second kappa shape index (κ2) is 6.18. The standard InChI is InChI=1S/C13H13Cl2NO3S/c1-16(9-10-2-4-11(15)5-3-10)20(17,18)13-7-6-12(8-14)19-13/h2-7H,8-9H2,1H3. The third-order valence-electron chi connectivity index (χ3n) is 2.75. The van der Waals surface area contributed by atoms with Crippen molar-refractivity contribution in [2.75, 3.05) is 7.05 Å². The molecular weight excluding hydrogens is 321 g/mol. The Morgan fingerprint density at radius 3 is 2.35 bits per heavy atom. The van der Waals surface area contributed by atoms with Crippen molar-refractivity contribution in [3.8, 4) is 0 Å². The van der Waals surface area contributed by atoms with Crippen molar-refractivity contribution >= 4 is 33.2 Å². The molecular formula is C13H13Cl2NO3S. The van der Waals surface area contributed by atoms with Gasteiger partial charge in [-0.2, -0.15) is 4.31 Å². The summed E-state index contributed by atoms with van der Waals surface area (Å²) in [6.45, 7) is 0.233. The van der Waals surface area contributed by atoms with E-state index >= 15 is 0 Å². The number of furan rings is 1. The van der Waals surface area contributed by atoms with E-state index in [0.717, 1.165) is 5.56 Å². The van der Waals surface area contributed by atoms with Crippen molar-refractivity contribution in [2.24, 2.45) is 0 Å². The second-order valence-electron chi connectivity index (χ2n) is 4.24. The zero-order chi connectivity index (χ0) is 14.8. The lowest BCUT2D eigenvalue weighted by molar-refractivity contribution is 0.393. The molecule has 20 heavy (non-hydrogen) atoms. The summed E-state index contributed by atoms with van der Waals surface area (Å²) in [6.07, 6.45) is 0. The molecule has 0 radical (unpaired) electrons. The quantitative estimate of drug-likeness (QED) is 0.787. The van der Waals surface area contributed by atoms with E-state index in [9.17, 15) is 8.42 Å². The monoisotopic (exact) mass is 333 g/mol. The van der Waals surface area contributed by atoms with Gasteiger partial charge in [-0.25, -0.2) is 8.42 Å². The van der Waals surface area contributed by atoms with E-state index in [1.165, 1.54) is 17.4 Å². The van der Waals surface area contributed by atoms with Crippen LogP contribution in [0.25, 0.3) is 0 Å². The molecule has 1 aromatic heterocycles. The molecule has 0 spiro atoms. The van der Waals surface area contributed by atoms with E-state index in [4.69, 9.17) is 27.6 Å². The first-order chi connectivity index (χ1) is 9.43. The zero-order valence-corrected chi connectivity index (χ0v) is 13.0. The third-order valence-corrected chi connectivity index (χ3v) is 4.94. The predicted molar refractivity (Wildman–Crippen MR) is 78.4 cm³/mol. The van der Waals surface area contributed by atoms with E-state index in [1.54, 1.807) is 30.3 Å². The van der Waals surface area contributed by atoms with Crippen LogP contribution in [0.15, 0.2) is 45.9 Å². The van der Waals surface area contributed by atoms with Crippen LogP contribution < -0.4 is 0 Å². The molecule has 1 aromatic carbocycles. The summed E-state index contributed by atoms with van der Waals surface area (Å²) >= 11 is 11.4. The van der Waals surface area contributed by atoms with Crippen molar-refractivity contribution in [3.05, 3.63) is 52.7 Å². The van der Waals surface area contributed by atoms with Gasteiger partial charge in [0.2, 0.25) is 5.09 Å². The van der Waals surface area contributed by atoms with Crippen LogP contribution in [0.2, 0.25) is 5.02 Å². The highest BCUT2D eigenvalue weighted by Gasteiger charge is 2.24. The number of hydrogen-bond acceptors (Lipinski definition) is 3. The molecule has 0 unspecified atom stereocenters. The Labute approximate surface area is 128 Å². The minimum Gasteiger partial charge on any atom is -0.447 e. The Kier molecular flexibility index (Phi) is 4.75. The van der Waals surface area contributed by atoms with Crippen molar-refractivity contribution in [2.45, 2.75) is 17.5 Å². The summed E-state index contributed by atoms with van der Waals surface area (Å²) in [5, 5.41) is 0.502. The number of nitrogens with zero attached hydrogens (tertiary/aromatic N) is 1. The van der Waals surface area contributed by atoms with Gasteiger partial charge < -0.3 is 4.42 Å². The van der Waals surface area contributed by atoms with Crippen LogP contribution >= 0.6 is 23.2 Å². The molecule has 0 amide bonds. The number of halogens is 2. The summed E-state index contributed by atoms with van der Waals surface area (Å²) in [5.74, 6) is 0.557. The van der Waals surface area contributed by atoms with Crippen LogP contribution in [0.3, 0.4) is 0 Å². The fraction of sp³-hybridized carbons (Fsp3) is 0.231. The summed E-state index contributed by atoms with van der Waals surface area (Å²) in [6, 6.07) is 9.95. The van der Waals surface area contributed by atoms with Crippen LogP contribution in [0.4, 0.5) is 0 Å². The van der Waals surface area contributed by atoms with E-state index in [2.05, 4.69) is 0 Å².